The zero-order valence-corrected chi connectivity index (χ0v) is 12.0. The number of carbonyl (C=O) groups excluding carboxylic acids is 1. The fourth-order valence-corrected chi connectivity index (χ4v) is 1.88. The summed E-state index contributed by atoms with van der Waals surface area (Å²) in [5.41, 5.74) is -0.431. The van der Waals surface area contributed by atoms with Crippen LogP contribution >= 0.6 is 15.9 Å². The number of rotatable bonds is 3. The van der Waals surface area contributed by atoms with Crippen molar-refractivity contribution in [2.24, 2.45) is 0 Å². The Morgan fingerprint density at radius 1 is 1.14 bits per heavy atom. The van der Waals surface area contributed by atoms with Crippen molar-refractivity contribution in [2.45, 2.75) is 0 Å². The third kappa shape index (κ3) is 3.29. The van der Waals surface area contributed by atoms with Gasteiger partial charge in [0.15, 0.2) is 11.5 Å². The zero-order chi connectivity index (χ0) is 15.6. The van der Waals surface area contributed by atoms with Gasteiger partial charge in [0.2, 0.25) is 0 Å². The van der Waals surface area contributed by atoms with Crippen LogP contribution < -0.4 is 5.32 Å². The van der Waals surface area contributed by atoms with Crippen molar-refractivity contribution >= 4 is 33.2 Å². The fraction of sp³-hybridized carbons (Fsp3) is 0. The first kappa shape index (κ1) is 14.8. The Hall–Kier alpha value is -2.61. The van der Waals surface area contributed by atoms with Crippen LogP contribution in [0.5, 0.6) is 11.5 Å². The molecule has 0 aromatic heterocycles. The number of carbonyl (C=O) groups is 1. The van der Waals surface area contributed by atoms with Crippen molar-refractivity contribution in [1.29, 1.82) is 0 Å². The van der Waals surface area contributed by atoms with Gasteiger partial charge in [0.05, 0.1) is 11.0 Å². The highest BCUT2D eigenvalue weighted by molar-refractivity contribution is 9.10. The minimum absolute atomic E-state index is 0.205. The van der Waals surface area contributed by atoms with Crippen LogP contribution in [0.1, 0.15) is 10.4 Å². The second kappa shape index (κ2) is 5.80. The van der Waals surface area contributed by atoms with Gasteiger partial charge in [0, 0.05) is 16.1 Å². The molecule has 0 spiro atoms. The third-order valence-corrected chi connectivity index (χ3v) is 3.17. The monoisotopic (exact) mass is 352 g/mol. The van der Waals surface area contributed by atoms with E-state index in [1.807, 2.05) is 0 Å². The van der Waals surface area contributed by atoms with E-state index in [1.54, 1.807) is 12.1 Å². The van der Waals surface area contributed by atoms with E-state index in [-0.39, 0.29) is 5.69 Å². The molecule has 1 amide bonds. The summed E-state index contributed by atoms with van der Waals surface area (Å²) >= 11 is 3.23. The molecule has 2 rings (SSSR count). The number of nitrogens with zero attached hydrogens (tertiary/aromatic N) is 1. The quantitative estimate of drug-likeness (QED) is 0.340. The molecule has 0 heterocycles. The van der Waals surface area contributed by atoms with Crippen molar-refractivity contribution in [3.8, 4) is 11.5 Å². The largest absolute Gasteiger partial charge is 0.504 e. The summed E-state index contributed by atoms with van der Waals surface area (Å²) in [7, 11) is 0. The minimum Gasteiger partial charge on any atom is -0.504 e. The maximum absolute atomic E-state index is 12.0. The van der Waals surface area contributed by atoms with Crippen LogP contribution in [0, 0.1) is 10.1 Å². The third-order valence-electron chi connectivity index (χ3n) is 2.64. The van der Waals surface area contributed by atoms with Gasteiger partial charge in [-0.1, -0.05) is 15.9 Å². The molecule has 0 saturated heterocycles. The molecule has 0 aliphatic carbocycles. The van der Waals surface area contributed by atoms with Crippen LogP contribution in [0.15, 0.2) is 40.9 Å². The molecule has 0 unspecified atom stereocenters. The molecule has 7 nitrogen and oxygen atoms in total. The molecule has 0 radical (unpaired) electrons. The van der Waals surface area contributed by atoms with Crippen LogP contribution in [0.25, 0.3) is 0 Å². The Balaban J connectivity index is 2.34. The first-order valence-corrected chi connectivity index (χ1v) is 6.45. The van der Waals surface area contributed by atoms with Gasteiger partial charge in [-0.2, -0.15) is 0 Å². The Morgan fingerprint density at radius 2 is 1.71 bits per heavy atom. The van der Waals surface area contributed by atoms with Gasteiger partial charge < -0.3 is 15.5 Å². The number of nitro groups is 1. The average Bonchev–Trinajstić information content (AvgIpc) is 2.43. The maximum atomic E-state index is 12.0. The van der Waals surface area contributed by atoms with Crippen LogP contribution in [-0.2, 0) is 0 Å². The van der Waals surface area contributed by atoms with Gasteiger partial charge in [0.25, 0.3) is 11.6 Å². The number of amides is 1. The summed E-state index contributed by atoms with van der Waals surface area (Å²) in [4.78, 5) is 22.1. The highest BCUT2D eigenvalue weighted by atomic mass is 79.9. The molecule has 108 valence electrons. The highest BCUT2D eigenvalue weighted by Crippen LogP contribution is 2.36. The SMILES string of the molecule is O=C(Nc1cc(O)c(O)cc1[N+](=O)[O-])c1ccc(Br)cc1. The topological polar surface area (TPSA) is 113 Å². The molecule has 0 saturated carbocycles. The van der Waals surface area contributed by atoms with Gasteiger partial charge in [-0.05, 0) is 24.3 Å². The number of nitro benzene ring substituents is 1. The van der Waals surface area contributed by atoms with Crippen LogP contribution in [0.4, 0.5) is 11.4 Å². The Bertz CT molecular complexity index is 715. The first-order valence-electron chi connectivity index (χ1n) is 5.66. The van der Waals surface area contributed by atoms with Gasteiger partial charge in [-0.3, -0.25) is 14.9 Å². The number of benzene rings is 2. The van der Waals surface area contributed by atoms with Crippen molar-refractivity contribution in [3.05, 3.63) is 56.5 Å². The number of phenols is 2. The molecule has 3 N–H and O–H groups in total. The van der Waals surface area contributed by atoms with Gasteiger partial charge >= 0.3 is 0 Å². The fourth-order valence-electron chi connectivity index (χ4n) is 1.61. The number of anilines is 1. The molecule has 0 aliphatic heterocycles. The predicted molar refractivity (Wildman–Crippen MR) is 78.5 cm³/mol. The summed E-state index contributed by atoms with van der Waals surface area (Å²) in [6.07, 6.45) is 0. The van der Waals surface area contributed by atoms with Crippen molar-refractivity contribution < 1.29 is 19.9 Å². The number of hydrogen-bond donors (Lipinski definition) is 3. The summed E-state index contributed by atoms with van der Waals surface area (Å²) in [6, 6.07) is 8.06. The van der Waals surface area contributed by atoms with Crippen molar-refractivity contribution in [1.82, 2.24) is 0 Å². The molecule has 0 bridgehead atoms. The number of nitrogens with one attached hydrogen (secondary N) is 1. The van der Waals surface area contributed by atoms with E-state index in [4.69, 9.17) is 0 Å². The molecule has 8 heteroatoms. The molecular weight excluding hydrogens is 344 g/mol. The van der Waals surface area contributed by atoms with Crippen LogP contribution in [0.2, 0.25) is 0 Å². The summed E-state index contributed by atoms with van der Waals surface area (Å²) in [6.45, 7) is 0. The van der Waals surface area contributed by atoms with Crippen LogP contribution in [0.3, 0.4) is 0 Å². The zero-order valence-electron chi connectivity index (χ0n) is 10.4. The van der Waals surface area contributed by atoms with E-state index < -0.39 is 28.0 Å². The number of hydrogen-bond acceptors (Lipinski definition) is 5. The Morgan fingerprint density at radius 3 is 2.29 bits per heavy atom. The van der Waals surface area contributed by atoms with Crippen molar-refractivity contribution in [3.63, 3.8) is 0 Å². The average molecular weight is 353 g/mol. The standard InChI is InChI=1S/C13H9BrN2O5/c14-8-3-1-7(2-4-8)13(19)15-9-5-11(17)12(18)6-10(9)16(20)21/h1-6,17-18H,(H,15,19). The lowest BCUT2D eigenvalue weighted by Gasteiger charge is -2.07. The van der Waals surface area contributed by atoms with Gasteiger partial charge in [-0.15, -0.1) is 0 Å². The van der Waals surface area contributed by atoms with E-state index in [9.17, 15) is 25.1 Å². The molecule has 21 heavy (non-hydrogen) atoms. The second-order valence-corrected chi connectivity index (χ2v) is 4.99. The van der Waals surface area contributed by atoms with E-state index in [1.165, 1.54) is 12.1 Å². The number of halogens is 1. The molecule has 0 fully saturated rings. The van der Waals surface area contributed by atoms with Crippen LogP contribution in [-0.4, -0.2) is 21.0 Å². The minimum atomic E-state index is -0.768. The molecule has 2 aromatic carbocycles. The first-order chi connectivity index (χ1) is 9.88. The van der Waals surface area contributed by atoms with E-state index in [2.05, 4.69) is 21.2 Å². The van der Waals surface area contributed by atoms with Gasteiger partial charge in [-0.25, -0.2) is 0 Å². The lowest BCUT2D eigenvalue weighted by Crippen LogP contribution is -2.13. The molecule has 0 aliphatic rings. The smallest absolute Gasteiger partial charge is 0.296 e. The molecule has 2 aromatic rings. The molecule has 0 atom stereocenters. The summed E-state index contributed by atoms with van der Waals surface area (Å²) < 4.78 is 0.785. The number of phenolic OH excluding ortho intramolecular Hbond substituents is 2. The Kier molecular flexibility index (Phi) is 4.08. The summed E-state index contributed by atoms with van der Waals surface area (Å²) in [5.74, 6) is -1.77. The lowest BCUT2D eigenvalue weighted by atomic mass is 10.2. The maximum Gasteiger partial charge on any atom is 0.296 e. The normalized spacial score (nSPS) is 10.1. The van der Waals surface area contributed by atoms with E-state index in [0.29, 0.717) is 5.56 Å². The van der Waals surface area contributed by atoms with E-state index >= 15 is 0 Å². The molecular formula is C13H9BrN2O5. The predicted octanol–water partition coefficient (Wildman–Crippen LogP) is 3.02. The highest BCUT2D eigenvalue weighted by Gasteiger charge is 2.20. The number of aromatic hydroxyl groups is 2. The van der Waals surface area contributed by atoms with E-state index in [0.717, 1.165) is 16.6 Å². The summed E-state index contributed by atoms with van der Waals surface area (Å²) in [5, 5.41) is 31.9. The lowest BCUT2D eigenvalue weighted by molar-refractivity contribution is -0.384. The van der Waals surface area contributed by atoms with Crippen molar-refractivity contribution in [2.75, 3.05) is 5.32 Å². The Labute approximate surface area is 127 Å². The van der Waals surface area contributed by atoms with Gasteiger partial charge in [0.1, 0.15) is 5.69 Å². The second-order valence-electron chi connectivity index (χ2n) is 4.08.